The molecule has 260 valence electrons. The van der Waals surface area contributed by atoms with Crippen molar-refractivity contribution in [1.82, 2.24) is 10.6 Å². The normalized spacial score (nSPS) is 26.5. The number of halogens is 2. The van der Waals surface area contributed by atoms with Gasteiger partial charge in [0.1, 0.15) is 29.8 Å². The Morgan fingerprint density at radius 1 is 1.04 bits per heavy atom. The summed E-state index contributed by atoms with van der Waals surface area (Å²) < 4.78 is 36.4. The summed E-state index contributed by atoms with van der Waals surface area (Å²) in [5.41, 5.74) is 0.242. The first kappa shape index (κ1) is 36.9. The average molecular weight is 687 g/mol. The second-order valence-corrected chi connectivity index (χ2v) is 13.8. The third-order valence-corrected chi connectivity index (χ3v) is 8.77. The van der Waals surface area contributed by atoms with Gasteiger partial charge in [-0.3, -0.25) is 14.4 Å². The van der Waals surface area contributed by atoms with Crippen LogP contribution in [0.1, 0.15) is 64.7 Å². The lowest BCUT2D eigenvalue weighted by Gasteiger charge is -2.29. The fraction of sp³-hybridized carbons (Fsp3) is 0.500. The van der Waals surface area contributed by atoms with Crippen LogP contribution in [0.3, 0.4) is 0 Å². The van der Waals surface area contributed by atoms with Crippen molar-refractivity contribution in [2.45, 2.75) is 84.3 Å². The first-order valence-corrected chi connectivity index (χ1v) is 16.5. The lowest BCUT2D eigenvalue weighted by Crippen LogP contribution is -2.51. The van der Waals surface area contributed by atoms with Crippen LogP contribution in [0.25, 0.3) is 0 Å². The largest absolute Gasteiger partial charge is 0.495 e. The molecule has 0 bridgehead atoms. The van der Waals surface area contributed by atoms with Crippen molar-refractivity contribution in [3.8, 4) is 5.75 Å². The van der Waals surface area contributed by atoms with Gasteiger partial charge in [-0.2, -0.15) is 0 Å². The molecule has 2 N–H and O–H groups in total. The summed E-state index contributed by atoms with van der Waals surface area (Å²) in [6, 6.07) is 10.1. The molecule has 0 aromatic heterocycles. The molecular formula is C36H44ClFN2O8. The van der Waals surface area contributed by atoms with Crippen molar-refractivity contribution in [3.05, 3.63) is 76.6 Å². The van der Waals surface area contributed by atoms with Gasteiger partial charge in [0.25, 0.3) is 0 Å². The number of rotatable bonds is 8. The Balaban J connectivity index is 1.61. The molecule has 1 saturated heterocycles. The lowest BCUT2D eigenvalue weighted by molar-refractivity contribution is -0.179. The Hall–Kier alpha value is -3.96. The van der Waals surface area contributed by atoms with Crippen LogP contribution in [0.2, 0.25) is 5.02 Å². The molecule has 0 unspecified atom stereocenters. The third kappa shape index (κ3) is 9.79. The van der Waals surface area contributed by atoms with Gasteiger partial charge < -0.3 is 29.6 Å². The minimum absolute atomic E-state index is 0.00920. The van der Waals surface area contributed by atoms with Gasteiger partial charge >= 0.3 is 11.9 Å². The third-order valence-electron chi connectivity index (χ3n) is 8.48. The molecule has 2 aromatic rings. The molecule has 12 heteroatoms. The maximum atomic E-state index is 13.6. The van der Waals surface area contributed by atoms with Crippen molar-refractivity contribution in [2.75, 3.05) is 13.7 Å². The van der Waals surface area contributed by atoms with Crippen LogP contribution in [0.4, 0.5) is 4.39 Å². The Morgan fingerprint density at radius 3 is 2.40 bits per heavy atom. The summed E-state index contributed by atoms with van der Waals surface area (Å²) in [4.78, 5) is 53.6. The number of epoxide rings is 1. The summed E-state index contributed by atoms with van der Waals surface area (Å²) in [7, 11) is 1.49. The number of carbonyl (C=O) groups excluding carboxylic acids is 4. The number of ether oxygens (including phenoxy) is 4. The van der Waals surface area contributed by atoms with E-state index >= 15 is 0 Å². The number of benzene rings is 2. The number of amides is 2. The second kappa shape index (κ2) is 16.0. The van der Waals surface area contributed by atoms with Crippen LogP contribution >= 0.6 is 11.6 Å². The van der Waals surface area contributed by atoms with Gasteiger partial charge in [0.05, 0.1) is 23.7 Å². The molecule has 2 aliphatic heterocycles. The van der Waals surface area contributed by atoms with E-state index in [9.17, 15) is 23.6 Å². The number of nitrogens with one attached hydrogen (secondary N) is 2. The molecule has 0 radical (unpaired) electrons. The Morgan fingerprint density at radius 2 is 1.75 bits per heavy atom. The predicted molar refractivity (Wildman–Crippen MR) is 177 cm³/mol. The average Bonchev–Trinajstić information content (AvgIpc) is 3.83. The molecule has 2 heterocycles. The number of hydrogen-bond donors (Lipinski definition) is 2. The maximum Gasteiger partial charge on any atom is 0.347 e. The minimum atomic E-state index is -1.23. The molecular weight excluding hydrogens is 643 g/mol. The van der Waals surface area contributed by atoms with Crippen LogP contribution in [0.15, 0.2) is 54.6 Å². The van der Waals surface area contributed by atoms with E-state index in [1.54, 1.807) is 50.3 Å². The quantitative estimate of drug-likeness (QED) is 0.284. The van der Waals surface area contributed by atoms with Crippen molar-refractivity contribution in [1.29, 1.82) is 0 Å². The van der Waals surface area contributed by atoms with E-state index in [1.807, 2.05) is 20.8 Å². The highest BCUT2D eigenvalue weighted by molar-refractivity contribution is 6.32. The van der Waals surface area contributed by atoms with Gasteiger partial charge in [0, 0.05) is 25.3 Å². The SMILES string of the molecule is COc1ccc(C[C@H]2NC(=O)/C=C/C[C@@H]([C@H](C)[C@H]3O[C@H]3c3ccc(F)cc3)OC(=O)[C@H](CC(C)C)OC(=O)C(C)(C)CNC2=O)cc1Cl. The van der Waals surface area contributed by atoms with Gasteiger partial charge in [-0.1, -0.05) is 56.6 Å². The molecule has 6 atom stereocenters. The zero-order chi connectivity index (χ0) is 35.2. The number of hydrogen-bond acceptors (Lipinski definition) is 8. The van der Waals surface area contributed by atoms with Gasteiger partial charge in [0.2, 0.25) is 11.8 Å². The van der Waals surface area contributed by atoms with E-state index in [0.29, 0.717) is 16.3 Å². The fourth-order valence-corrected chi connectivity index (χ4v) is 5.75. The molecule has 48 heavy (non-hydrogen) atoms. The van der Waals surface area contributed by atoms with E-state index < -0.39 is 47.4 Å². The highest BCUT2D eigenvalue weighted by Gasteiger charge is 2.48. The van der Waals surface area contributed by atoms with Crippen molar-refractivity contribution < 1.29 is 42.5 Å². The summed E-state index contributed by atoms with van der Waals surface area (Å²) in [5, 5.41) is 5.85. The summed E-state index contributed by atoms with van der Waals surface area (Å²) in [6.07, 6.45) is 0.718. The molecule has 0 spiro atoms. The summed E-state index contributed by atoms with van der Waals surface area (Å²) >= 11 is 6.31. The van der Waals surface area contributed by atoms with E-state index in [-0.39, 0.29) is 55.7 Å². The summed E-state index contributed by atoms with van der Waals surface area (Å²) in [6.45, 7) is 8.74. The van der Waals surface area contributed by atoms with Crippen LogP contribution in [0.5, 0.6) is 5.75 Å². The van der Waals surface area contributed by atoms with Gasteiger partial charge in [-0.25, -0.2) is 9.18 Å². The van der Waals surface area contributed by atoms with Crippen molar-refractivity contribution >= 4 is 35.4 Å². The van der Waals surface area contributed by atoms with Crippen LogP contribution in [-0.4, -0.2) is 61.8 Å². The highest BCUT2D eigenvalue weighted by atomic mass is 35.5. The molecule has 2 aliphatic rings. The van der Waals surface area contributed by atoms with Crippen LogP contribution in [-0.2, 0) is 39.8 Å². The predicted octanol–water partition coefficient (Wildman–Crippen LogP) is 5.26. The maximum absolute atomic E-state index is 13.6. The Bertz CT molecular complexity index is 1510. The molecule has 10 nitrogen and oxygen atoms in total. The van der Waals surface area contributed by atoms with E-state index in [0.717, 1.165) is 5.56 Å². The monoisotopic (exact) mass is 686 g/mol. The molecule has 0 aliphatic carbocycles. The molecule has 2 amide bonds. The molecule has 0 saturated carbocycles. The van der Waals surface area contributed by atoms with Gasteiger partial charge in [-0.05, 0) is 67.7 Å². The van der Waals surface area contributed by atoms with Crippen LogP contribution < -0.4 is 15.4 Å². The lowest BCUT2D eigenvalue weighted by atomic mass is 9.92. The topological polar surface area (TPSA) is 133 Å². The number of esters is 2. The molecule has 1 fully saturated rings. The van der Waals surface area contributed by atoms with Crippen molar-refractivity contribution in [3.63, 3.8) is 0 Å². The summed E-state index contributed by atoms with van der Waals surface area (Å²) in [5.74, 6) is -2.70. The minimum Gasteiger partial charge on any atom is -0.495 e. The van der Waals surface area contributed by atoms with Gasteiger partial charge in [0.15, 0.2) is 6.10 Å². The highest BCUT2D eigenvalue weighted by Crippen LogP contribution is 2.45. The van der Waals surface area contributed by atoms with Crippen LogP contribution in [0, 0.1) is 23.1 Å². The zero-order valence-corrected chi connectivity index (χ0v) is 28.8. The molecule has 4 rings (SSSR count). The standard InChI is InChI=1S/C36H44ClFN2O8/c1-20(2)16-29-34(43)46-27(21(3)31-32(48-31)23-11-13-24(38)14-12-23)8-7-9-30(41)40-26(18-22-10-15-28(45-6)25(37)17-22)33(42)39-19-36(4,5)35(44)47-29/h7,9-15,17,20-21,26-27,29,31-32H,8,16,18-19H2,1-6H3,(H,39,42)(H,40,41)/b9-7+/t21-,26+,27-,29-,31+,32-/m0/s1. The fourth-order valence-electron chi connectivity index (χ4n) is 5.47. The second-order valence-electron chi connectivity index (χ2n) is 13.4. The Labute approximate surface area is 285 Å². The number of methoxy groups -OCH3 is 1. The first-order valence-electron chi connectivity index (χ1n) is 16.1. The van der Waals surface area contributed by atoms with Gasteiger partial charge in [-0.15, -0.1) is 0 Å². The molecule has 2 aromatic carbocycles. The zero-order valence-electron chi connectivity index (χ0n) is 28.1. The Kier molecular flexibility index (Phi) is 12.3. The van der Waals surface area contributed by atoms with Crippen molar-refractivity contribution in [2.24, 2.45) is 17.3 Å². The number of cyclic esters (lactones) is 2. The van der Waals surface area contributed by atoms with E-state index in [2.05, 4.69) is 10.6 Å². The number of carbonyl (C=O) groups is 4. The van der Waals surface area contributed by atoms with E-state index in [1.165, 1.54) is 25.3 Å². The van der Waals surface area contributed by atoms with E-state index in [4.69, 9.17) is 30.5 Å². The smallest absolute Gasteiger partial charge is 0.347 e. The first-order chi connectivity index (χ1) is 22.7.